The van der Waals surface area contributed by atoms with E-state index in [1.165, 1.54) is 32.1 Å². The van der Waals surface area contributed by atoms with Crippen LogP contribution in [0.1, 0.15) is 67.0 Å². The summed E-state index contributed by atoms with van der Waals surface area (Å²) in [6, 6.07) is 9.59. The first-order valence-corrected chi connectivity index (χ1v) is 13.5. The quantitative estimate of drug-likeness (QED) is 0.350. The van der Waals surface area contributed by atoms with Crippen LogP contribution in [0.5, 0.6) is 11.5 Å². The van der Waals surface area contributed by atoms with E-state index in [0.29, 0.717) is 25.0 Å². The fraction of sp³-hybridized carbons (Fsp3) is 0.500. The van der Waals surface area contributed by atoms with Crippen molar-refractivity contribution in [3.63, 3.8) is 0 Å². The van der Waals surface area contributed by atoms with Gasteiger partial charge in [-0.1, -0.05) is 33.1 Å². The maximum absolute atomic E-state index is 13.0. The van der Waals surface area contributed by atoms with Gasteiger partial charge in [0, 0.05) is 24.2 Å². The van der Waals surface area contributed by atoms with Gasteiger partial charge in [-0.15, -0.1) is 11.3 Å². The molecule has 1 fully saturated rings. The normalized spacial score (nSPS) is 14.3. The number of benzene rings is 1. The van der Waals surface area contributed by atoms with E-state index in [1.54, 1.807) is 18.4 Å². The second-order valence-electron chi connectivity index (χ2n) is 9.84. The molecule has 188 valence electrons. The van der Waals surface area contributed by atoms with Gasteiger partial charge in [0.25, 0.3) is 5.91 Å². The van der Waals surface area contributed by atoms with Crippen molar-refractivity contribution in [2.75, 3.05) is 13.7 Å². The molecule has 3 aromatic rings. The highest BCUT2D eigenvalue weighted by Crippen LogP contribution is 2.32. The average molecular weight is 496 g/mol. The fourth-order valence-electron chi connectivity index (χ4n) is 4.65. The van der Waals surface area contributed by atoms with Gasteiger partial charge in [0.2, 0.25) is 0 Å². The highest BCUT2D eigenvalue weighted by Gasteiger charge is 2.23. The van der Waals surface area contributed by atoms with Crippen LogP contribution in [-0.4, -0.2) is 29.1 Å². The van der Waals surface area contributed by atoms with Crippen LogP contribution in [0, 0.1) is 18.8 Å². The zero-order valence-electron chi connectivity index (χ0n) is 21.3. The van der Waals surface area contributed by atoms with Crippen LogP contribution in [0.3, 0.4) is 0 Å². The van der Waals surface area contributed by atoms with Crippen molar-refractivity contribution in [3.05, 3.63) is 52.0 Å². The molecule has 2 heterocycles. The summed E-state index contributed by atoms with van der Waals surface area (Å²) in [5.74, 6) is 2.64. The van der Waals surface area contributed by atoms with Gasteiger partial charge in [0.15, 0.2) is 0 Å². The molecule has 1 saturated carbocycles. The molecule has 2 aromatic heterocycles. The first-order valence-electron chi connectivity index (χ1n) is 12.6. The number of nitrogens with one attached hydrogen (secondary N) is 1. The van der Waals surface area contributed by atoms with Crippen molar-refractivity contribution in [1.29, 1.82) is 0 Å². The third kappa shape index (κ3) is 6.45. The van der Waals surface area contributed by atoms with Crippen molar-refractivity contribution >= 4 is 17.2 Å². The summed E-state index contributed by atoms with van der Waals surface area (Å²) in [6.07, 6.45) is 6.44. The van der Waals surface area contributed by atoms with Crippen LogP contribution in [0.25, 0.3) is 11.4 Å². The summed E-state index contributed by atoms with van der Waals surface area (Å²) in [7, 11) is 1.65. The molecular formula is C28H37N3O3S. The Bertz CT molecular complexity index is 1110. The lowest BCUT2D eigenvalue weighted by atomic mass is 9.89. The lowest BCUT2D eigenvalue weighted by molar-refractivity contribution is 0.0948. The number of amides is 1. The molecule has 0 aliphatic heterocycles. The molecule has 0 bridgehead atoms. The van der Waals surface area contributed by atoms with E-state index >= 15 is 0 Å². The molecular weight excluding hydrogens is 458 g/mol. The number of thiazole rings is 1. The molecule has 0 saturated heterocycles. The number of carbonyl (C=O) groups is 1. The van der Waals surface area contributed by atoms with Gasteiger partial charge < -0.3 is 19.4 Å². The Morgan fingerprint density at radius 2 is 1.89 bits per heavy atom. The Balaban J connectivity index is 1.55. The molecule has 1 aromatic carbocycles. The number of methoxy groups -OCH3 is 1. The number of carbonyl (C=O) groups excluding carboxylic acids is 1. The molecule has 1 amide bonds. The third-order valence-corrected chi connectivity index (χ3v) is 7.51. The molecule has 1 N–H and O–H groups in total. The summed E-state index contributed by atoms with van der Waals surface area (Å²) >= 11 is 1.59. The Morgan fingerprint density at radius 3 is 2.57 bits per heavy atom. The van der Waals surface area contributed by atoms with E-state index in [0.717, 1.165) is 45.7 Å². The SMILES string of the molecule is COc1ccc(OCc2nc(-c3cc(C(=O)NCC(C)C)c(C)n3CC3CCCCC3)cs2)cc1. The Morgan fingerprint density at radius 1 is 1.17 bits per heavy atom. The maximum Gasteiger partial charge on any atom is 0.253 e. The van der Waals surface area contributed by atoms with Gasteiger partial charge in [-0.3, -0.25) is 4.79 Å². The molecule has 1 aliphatic rings. The molecule has 1 aliphatic carbocycles. The fourth-order valence-corrected chi connectivity index (χ4v) is 5.35. The van der Waals surface area contributed by atoms with Gasteiger partial charge in [-0.25, -0.2) is 4.98 Å². The number of ether oxygens (including phenoxy) is 2. The summed E-state index contributed by atoms with van der Waals surface area (Å²) < 4.78 is 13.5. The molecule has 6 nitrogen and oxygen atoms in total. The van der Waals surface area contributed by atoms with Crippen molar-refractivity contribution in [2.24, 2.45) is 11.8 Å². The largest absolute Gasteiger partial charge is 0.497 e. The predicted octanol–water partition coefficient (Wildman–Crippen LogP) is 6.47. The summed E-state index contributed by atoms with van der Waals surface area (Å²) in [6.45, 7) is 8.30. The van der Waals surface area contributed by atoms with Crippen molar-refractivity contribution in [2.45, 2.75) is 66.0 Å². The van der Waals surface area contributed by atoms with Crippen LogP contribution in [-0.2, 0) is 13.2 Å². The van der Waals surface area contributed by atoms with Crippen LogP contribution < -0.4 is 14.8 Å². The van der Waals surface area contributed by atoms with E-state index in [-0.39, 0.29) is 5.91 Å². The van der Waals surface area contributed by atoms with Gasteiger partial charge in [-0.05, 0) is 61.9 Å². The zero-order chi connectivity index (χ0) is 24.8. The Kier molecular flexibility index (Phi) is 8.50. The molecule has 0 spiro atoms. The van der Waals surface area contributed by atoms with Gasteiger partial charge in [-0.2, -0.15) is 0 Å². The van der Waals surface area contributed by atoms with Crippen molar-refractivity contribution in [1.82, 2.24) is 14.9 Å². The predicted molar refractivity (Wildman–Crippen MR) is 141 cm³/mol. The lowest BCUT2D eigenvalue weighted by Gasteiger charge is -2.24. The number of hydrogen-bond acceptors (Lipinski definition) is 5. The van der Waals surface area contributed by atoms with Crippen molar-refractivity contribution < 1.29 is 14.3 Å². The second-order valence-corrected chi connectivity index (χ2v) is 10.8. The number of nitrogens with zero attached hydrogens (tertiary/aromatic N) is 2. The Labute approximate surface area is 212 Å². The van der Waals surface area contributed by atoms with Gasteiger partial charge >= 0.3 is 0 Å². The smallest absolute Gasteiger partial charge is 0.253 e. The number of rotatable bonds is 10. The molecule has 0 radical (unpaired) electrons. The molecule has 0 unspecified atom stereocenters. The van der Waals surface area contributed by atoms with E-state index < -0.39 is 0 Å². The van der Waals surface area contributed by atoms with Crippen molar-refractivity contribution in [3.8, 4) is 22.9 Å². The van der Waals surface area contributed by atoms with E-state index in [9.17, 15) is 4.79 Å². The highest BCUT2D eigenvalue weighted by atomic mass is 32.1. The molecule has 4 rings (SSSR count). The maximum atomic E-state index is 13.0. The van der Waals surface area contributed by atoms with Gasteiger partial charge in [0.05, 0.1) is 24.1 Å². The summed E-state index contributed by atoms with van der Waals surface area (Å²) in [5.41, 5.74) is 3.70. The second kappa shape index (κ2) is 11.8. The van der Waals surface area contributed by atoms with E-state index in [1.807, 2.05) is 30.3 Å². The van der Waals surface area contributed by atoms with Crippen LogP contribution >= 0.6 is 11.3 Å². The minimum absolute atomic E-state index is 0.00173. The van der Waals surface area contributed by atoms with Gasteiger partial charge in [0.1, 0.15) is 23.1 Å². The topological polar surface area (TPSA) is 65.4 Å². The van der Waals surface area contributed by atoms with Crippen LogP contribution in [0.4, 0.5) is 0 Å². The zero-order valence-corrected chi connectivity index (χ0v) is 22.1. The molecule has 0 atom stereocenters. The Hall–Kier alpha value is -2.80. The van der Waals surface area contributed by atoms with Crippen LogP contribution in [0.15, 0.2) is 35.7 Å². The summed E-state index contributed by atoms with van der Waals surface area (Å²) in [5, 5.41) is 6.07. The monoisotopic (exact) mass is 495 g/mol. The average Bonchev–Trinajstić information content (AvgIpc) is 3.47. The minimum Gasteiger partial charge on any atom is -0.497 e. The van der Waals surface area contributed by atoms with E-state index in [4.69, 9.17) is 14.5 Å². The minimum atomic E-state index is -0.00173. The lowest BCUT2D eigenvalue weighted by Crippen LogP contribution is -2.27. The first-order chi connectivity index (χ1) is 16.9. The first kappa shape index (κ1) is 25.3. The molecule has 7 heteroatoms. The van der Waals surface area contributed by atoms with Crippen LogP contribution in [0.2, 0.25) is 0 Å². The highest BCUT2D eigenvalue weighted by molar-refractivity contribution is 7.09. The summed E-state index contributed by atoms with van der Waals surface area (Å²) in [4.78, 5) is 17.9. The van der Waals surface area contributed by atoms with E-state index in [2.05, 4.69) is 36.0 Å². The third-order valence-electron chi connectivity index (χ3n) is 6.68. The molecule has 35 heavy (non-hydrogen) atoms. The number of hydrogen-bond donors (Lipinski definition) is 1. The standard InChI is InChI=1S/C28H37N3O3S/c1-19(2)15-29-28(32)24-14-26(31(20(24)3)16-21-8-6-5-7-9-21)25-18-35-27(30-25)17-34-23-12-10-22(33-4)11-13-23/h10-14,18-19,21H,5-9,15-17H2,1-4H3,(H,29,32). The number of aromatic nitrogens is 2.